The van der Waals surface area contributed by atoms with Crippen molar-refractivity contribution in [1.29, 1.82) is 5.26 Å². The number of hydrogen-bond donors (Lipinski definition) is 2. The number of allylic oxidation sites excluding steroid dienone is 3. The molecule has 0 fully saturated rings. The van der Waals surface area contributed by atoms with Crippen molar-refractivity contribution in [2.45, 2.75) is 13.0 Å². The summed E-state index contributed by atoms with van der Waals surface area (Å²) in [6.07, 6.45) is 3.07. The maximum atomic E-state index is 10.9. The lowest BCUT2D eigenvalue weighted by atomic mass is 10.2. The number of nitrogens with zero attached hydrogens (tertiary/aromatic N) is 1. The summed E-state index contributed by atoms with van der Waals surface area (Å²) >= 11 is 5.65. The predicted molar refractivity (Wildman–Crippen MR) is 59.6 cm³/mol. The molecule has 0 aliphatic carbocycles. The Morgan fingerprint density at radius 3 is 2.60 bits per heavy atom. The second-order valence-electron chi connectivity index (χ2n) is 2.66. The fourth-order valence-electron chi connectivity index (χ4n) is 0.692. The van der Waals surface area contributed by atoms with Gasteiger partial charge in [0.2, 0.25) is 0 Å². The normalized spacial score (nSPS) is 12.5. The first-order valence-corrected chi connectivity index (χ1v) is 4.49. The van der Waals surface area contributed by atoms with E-state index in [9.17, 15) is 4.79 Å². The Labute approximate surface area is 93.9 Å². The molecule has 80 valence electrons. The van der Waals surface area contributed by atoms with Crippen molar-refractivity contribution >= 4 is 17.4 Å². The standard InChI is InChI=1S/C10H12ClN3O/c1-4-5-9(7(2)11)13-14-10(6-12)8(3)15/h4-5,10,13-14H,1-2H2,3H3/b9-5+. The van der Waals surface area contributed by atoms with Crippen LogP contribution in [-0.4, -0.2) is 11.8 Å². The summed E-state index contributed by atoms with van der Waals surface area (Å²) in [6, 6.07) is 0.867. The van der Waals surface area contributed by atoms with Gasteiger partial charge >= 0.3 is 0 Å². The number of hydrazine groups is 1. The van der Waals surface area contributed by atoms with E-state index in [1.807, 2.05) is 0 Å². The van der Waals surface area contributed by atoms with Gasteiger partial charge in [0.05, 0.1) is 16.8 Å². The van der Waals surface area contributed by atoms with Crippen LogP contribution in [0, 0.1) is 11.3 Å². The van der Waals surface area contributed by atoms with Gasteiger partial charge in [0.1, 0.15) is 0 Å². The minimum Gasteiger partial charge on any atom is -0.318 e. The van der Waals surface area contributed by atoms with Crippen LogP contribution in [0.2, 0.25) is 0 Å². The zero-order chi connectivity index (χ0) is 11.8. The summed E-state index contributed by atoms with van der Waals surface area (Å²) < 4.78 is 0. The number of halogens is 1. The van der Waals surface area contributed by atoms with Crippen LogP contribution >= 0.6 is 11.6 Å². The highest BCUT2D eigenvalue weighted by Crippen LogP contribution is 2.07. The molecule has 15 heavy (non-hydrogen) atoms. The highest BCUT2D eigenvalue weighted by Gasteiger charge is 2.12. The van der Waals surface area contributed by atoms with Crippen LogP contribution in [-0.2, 0) is 4.79 Å². The largest absolute Gasteiger partial charge is 0.318 e. The quantitative estimate of drug-likeness (QED) is 0.530. The van der Waals surface area contributed by atoms with Gasteiger partial charge in [0.25, 0.3) is 0 Å². The molecule has 1 unspecified atom stereocenters. The number of carbonyl (C=O) groups is 1. The zero-order valence-electron chi connectivity index (χ0n) is 8.38. The molecule has 0 saturated carbocycles. The van der Waals surface area contributed by atoms with Gasteiger partial charge in [-0.1, -0.05) is 30.8 Å². The third kappa shape index (κ3) is 5.01. The number of Topliss-reactive ketones (excluding diaryl/α,β-unsaturated/α-hetero) is 1. The van der Waals surface area contributed by atoms with E-state index < -0.39 is 6.04 Å². The molecular formula is C10H12ClN3O. The highest BCUT2D eigenvalue weighted by molar-refractivity contribution is 6.31. The van der Waals surface area contributed by atoms with Crippen molar-refractivity contribution in [2.24, 2.45) is 0 Å². The number of nitrogens with one attached hydrogen (secondary N) is 2. The topological polar surface area (TPSA) is 64.9 Å². The van der Waals surface area contributed by atoms with E-state index >= 15 is 0 Å². The molecule has 0 aromatic rings. The summed E-state index contributed by atoms with van der Waals surface area (Å²) in [7, 11) is 0. The number of ketones is 1. The Balaban J connectivity index is 4.41. The summed E-state index contributed by atoms with van der Waals surface area (Å²) in [5.41, 5.74) is 5.58. The second kappa shape index (κ2) is 6.82. The summed E-state index contributed by atoms with van der Waals surface area (Å²) in [5.74, 6) is -0.289. The summed E-state index contributed by atoms with van der Waals surface area (Å²) in [4.78, 5) is 10.9. The first-order chi connectivity index (χ1) is 7.02. The lowest BCUT2D eigenvalue weighted by Gasteiger charge is -2.12. The third-order valence-corrected chi connectivity index (χ3v) is 1.67. The average molecular weight is 226 g/mol. The average Bonchev–Trinajstić information content (AvgIpc) is 2.16. The molecule has 4 nitrogen and oxygen atoms in total. The smallest absolute Gasteiger partial charge is 0.171 e. The molecule has 0 aromatic carbocycles. The van der Waals surface area contributed by atoms with Crippen molar-refractivity contribution in [3.05, 3.63) is 36.0 Å². The van der Waals surface area contributed by atoms with Crippen LogP contribution in [0.4, 0.5) is 0 Å². The molecule has 0 amide bonds. The van der Waals surface area contributed by atoms with E-state index in [0.717, 1.165) is 0 Å². The monoisotopic (exact) mass is 225 g/mol. The van der Waals surface area contributed by atoms with Gasteiger partial charge < -0.3 is 5.43 Å². The van der Waals surface area contributed by atoms with Crippen LogP contribution in [0.1, 0.15) is 6.92 Å². The molecule has 0 heterocycles. The number of rotatable bonds is 6. The minimum absolute atomic E-state index is 0.252. The molecule has 1 atom stereocenters. The van der Waals surface area contributed by atoms with Crippen molar-refractivity contribution in [2.75, 3.05) is 0 Å². The van der Waals surface area contributed by atoms with Crippen molar-refractivity contribution in [1.82, 2.24) is 10.9 Å². The molecule has 0 aromatic heterocycles. The Morgan fingerprint density at radius 2 is 2.27 bits per heavy atom. The van der Waals surface area contributed by atoms with E-state index in [4.69, 9.17) is 16.9 Å². The van der Waals surface area contributed by atoms with Crippen molar-refractivity contribution in [3.63, 3.8) is 0 Å². The van der Waals surface area contributed by atoms with Crippen LogP contribution < -0.4 is 10.9 Å². The first kappa shape index (κ1) is 13.4. The summed E-state index contributed by atoms with van der Waals surface area (Å²) in [5, 5.41) is 8.86. The van der Waals surface area contributed by atoms with Crippen LogP contribution in [0.25, 0.3) is 0 Å². The molecule has 0 radical (unpaired) electrons. The van der Waals surface area contributed by atoms with Gasteiger partial charge in [-0.2, -0.15) is 5.26 Å². The second-order valence-corrected chi connectivity index (χ2v) is 3.12. The van der Waals surface area contributed by atoms with Gasteiger partial charge in [-0.05, 0) is 13.0 Å². The molecule has 5 heteroatoms. The Morgan fingerprint density at radius 1 is 1.67 bits per heavy atom. The lowest BCUT2D eigenvalue weighted by Crippen LogP contribution is -2.43. The number of carbonyl (C=O) groups excluding carboxylic acids is 1. The predicted octanol–water partition coefficient (Wildman–Crippen LogP) is 1.38. The molecule has 0 saturated heterocycles. The van der Waals surface area contributed by atoms with Gasteiger partial charge in [0.15, 0.2) is 11.8 Å². The van der Waals surface area contributed by atoms with E-state index in [2.05, 4.69) is 24.0 Å². The van der Waals surface area contributed by atoms with Crippen LogP contribution in [0.3, 0.4) is 0 Å². The molecule has 2 N–H and O–H groups in total. The maximum Gasteiger partial charge on any atom is 0.171 e. The SMILES string of the molecule is C=C/C=C(/NNC(C#N)C(C)=O)C(=C)Cl. The zero-order valence-corrected chi connectivity index (χ0v) is 9.14. The van der Waals surface area contributed by atoms with Crippen LogP contribution in [0.15, 0.2) is 36.0 Å². The van der Waals surface area contributed by atoms with Crippen molar-refractivity contribution < 1.29 is 4.79 Å². The van der Waals surface area contributed by atoms with E-state index in [1.54, 1.807) is 12.1 Å². The maximum absolute atomic E-state index is 10.9. The minimum atomic E-state index is -0.922. The van der Waals surface area contributed by atoms with Gasteiger partial charge in [-0.3, -0.25) is 4.79 Å². The Kier molecular flexibility index (Phi) is 6.11. The van der Waals surface area contributed by atoms with E-state index in [-0.39, 0.29) is 10.8 Å². The lowest BCUT2D eigenvalue weighted by molar-refractivity contribution is -0.117. The molecule has 0 rings (SSSR count). The van der Waals surface area contributed by atoms with Gasteiger partial charge in [-0.15, -0.1) is 0 Å². The fraction of sp³-hybridized carbons (Fsp3) is 0.200. The Hall–Kier alpha value is -1.57. The first-order valence-electron chi connectivity index (χ1n) is 4.12. The molecule has 0 spiro atoms. The number of nitriles is 1. The van der Waals surface area contributed by atoms with Crippen LogP contribution in [0.5, 0.6) is 0 Å². The van der Waals surface area contributed by atoms with Crippen molar-refractivity contribution in [3.8, 4) is 6.07 Å². The summed E-state index contributed by atoms with van der Waals surface area (Å²) in [6.45, 7) is 8.31. The van der Waals surface area contributed by atoms with E-state index in [1.165, 1.54) is 13.0 Å². The molecule has 0 bridgehead atoms. The fourth-order valence-corrected chi connectivity index (χ4v) is 0.803. The molecule has 0 aliphatic heterocycles. The van der Waals surface area contributed by atoms with Gasteiger partial charge in [0, 0.05) is 0 Å². The molecular weight excluding hydrogens is 214 g/mol. The number of hydrogen-bond acceptors (Lipinski definition) is 4. The molecule has 0 aliphatic rings. The van der Waals surface area contributed by atoms with Gasteiger partial charge in [-0.25, -0.2) is 5.43 Å². The Bertz CT molecular complexity index is 341. The van der Waals surface area contributed by atoms with E-state index in [0.29, 0.717) is 5.70 Å². The highest BCUT2D eigenvalue weighted by atomic mass is 35.5. The third-order valence-electron chi connectivity index (χ3n) is 1.46.